The number of nitrogens with zero attached hydrogens (tertiary/aromatic N) is 5. The Morgan fingerprint density at radius 3 is 2.58 bits per heavy atom. The molecule has 0 atom stereocenters. The van der Waals surface area contributed by atoms with Crippen LogP contribution in [0, 0.1) is 18.3 Å². The van der Waals surface area contributed by atoms with E-state index in [1.807, 2.05) is 20.8 Å². The van der Waals surface area contributed by atoms with Crippen molar-refractivity contribution in [2.24, 2.45) is 0 Å². The van der Waals surface area contributed by atoms with Crippen LogP contribution in [0.4, 0.5) is 0 Å². The Balaban J connectivity index is 2.43. The molecule has 19 heavy (non-hydrogen) atoms. The lowest BCUT2D eigenvalue weighted by Gasteiger charge is -2.08. The van der Waals surface area contributed by atoms with Crippen LogP contribution in [0.2, 0.25) is 0 Å². The van der Waals surface area contributed by atoms with E-state index in [4.69, 9.17) is 0 Å². The van der Waals surface area contributed by atoms with Crippen LogP contribution >= 0.6 is 11.8 Å². The molecule has 2 rings (SSSR count). The van der Waals surface area contributed by atoms with E-state index < -0.39 is 0 Å². The summed E-state index contributed by atoms with van der Waals surface area (Å²) in [4.78, 5) is 4.20. The van der Waals surface area contributed by atoms with E-state index in [-0.39, 0.29) is 0 Å². The minimum atomic E-state index is 0.551. The number of aryl methyl sites for hydroxylation is 2. The predicted octanol–water partition coefficient (Wildman–Crippen LogP) is 2.05. The van der Waals surface area contributed by atoms with Crippen molar-refractivity contribution in [3.8, 4) is 6.07 Å². The molecule has 0 saturated heterocycles. The van der Waals surface area contributed by atoms with Crippen molar-refractivity contribution >= 4 is 11.8 Å². The molecule has 0 bridgehead atoms. The van der Waals surface area contributed by atoms with Gasteiger partial charge in [-0.1, -0.05) is 13.8 Å². The van der Waals surface area contributed by atoms with E-state index in [1.54, 1.807) is 0 Å². The molecule has 0 unspecified atom stereocenters. The highest BCUT2D eigenvalue weighted by molar-refractivity contribution is 7.99. The molecule has 1 N–H and O–H groups in total. The third-order valence-electron chi connectivity index (χ3n) is 2.69. The molecule has 7 heteroatoms. The second-order valence-electron chi connectivity index (χ2n) is 3.93. The first-order chi connectivity index (χ1) is 9.19. The van der Waals surface area contributed by atoms with Crippen LogP contribution in [-0.4, -0.2) is 25.4 Å². The second-order valence-corrected chi connectivity index (χ2v) is 4.89. The number of nitriles is 1. The third-order valence-corrected chi connectivity index (χ3v) is 3.53. The van der Waals surface area contributed by atoms with Crippen LogP contribution in [0.25, 0.3) is 0 Å². The van der Waals surface area contributed by atoms with Gasteiger partial charge in [-0.25, -0.2) is 4.98 Å². The molecule has 2 aromatic rings. The zero-order chi connectivity index (χ0) is 13.8. The Kier molecular flexibility index (Phi) is 4.12. The van der Waals surface area contributed by atoms with Gasteiger partial charge < -0.3 is 0 Å². The molecule has 0 aromatic carbocycles. The summed E-state index contributed by atoms with van der Waals surface area (Å²) in [5.41, 5.74) is 2.44. The Bertz CT molecular complexity index is 628. The molecule has 0 aliphatic rings. The van der Waals surface area contributed by atoms with Gasteiger partial charge in [-0.15, -0.1) is 10.2 Å². The number of H-pyrrole nitrogens is 1. The zero-order valence-corrected chi connectivity index (χ0v) is 11.9. The molecule has 0 aliphatic carbocycles. The highest BCUT2D eigenvalue weighted by Gasteiger charge is 2.16. The number of hydrogen-bond donors (Lipinski definition) is 1. The van der Waals surface area contributed by atoms with E-state index in [2.05, 4.69) is 31.4 Å². The smallest absolute Gasteiger partial charge is 0.214 e. The van der Waals surface area contributed by atoms with Gasteiger partial charge in [0.05, 0.1) is 11.3 Å². The second kappa shape index (κ2) is 5.80. The van der Waals surface area contributed by atoms with Gasteiger partial charge in [-0.3, -0.25) is 5.10 Å². The van der Waals surface area contributed by atoms with Crippen molar-refractivity contribution in [1.82, 2.24) is 25.4 Å². The van der Waals surface area contributed by atoms with Crippen LogP contribution in [0.5, 0.6) is 0 Å². The zero-order valence-electron chi connectivity index (χ0n) is 11.1. The minimum Gasteiger partial charge on any atom is -0.262 e. The van der Waals surface area contributed by atoms with Crippen molar-refractivity contribution in [3.05, 3.63) is 22.6 Å². The normalized spacial score (nSPS) is 10.4. The maximum Gasteiger partial charge on any atom is 0.214 e. The standard InChI is InChI=1S/C12H14N6S/c1-4-8-9(6-13)11(17-16-10(8)5-2)19-12-14-7(3)15-18-12/h4-5H2,1-3H3,(H,14,15,18). The molecule has 0 aliphatic heterocycles. The number of aromatic amines is 1. The lowest BCUT2D eigenvalue weighted by molar-refractivity contribution is 0.815. The van der Waals surface area contributed by atoms with Crippen molar-refractivity contribution in [2.45, 2.75) is 43.8 Å². The Morgan fingerprint density at radius 1 is 1.26 bits per heavy atom. The monoisotopic (exact) mass is 274 g/mol. The summed E-state index contributed by atoms with van der Waals surface area (Å²) in [6.07, 6.45) is 1.54. The van der Waals surface area contributed by atoms with Crippen molar-refractivity contribution in [1.29, 1.82) is 5.26 Å². The Labute approximate surface area is 115 Å². The quantitative estimate of drug-likeness (QED) is 0.917. The van der Waals surface area contributed by atoms with E-state index in [0.29, 0.717) is 15.7 Å². The largest absolute Gasteiger partial charge is 0.262 e. The molecule has 0 saturated carbocycles. The summed E-state index contributed by atoms with van der Waals surface area (Å²) in [5, 5.41) is 25.6. The average Bonchev–Trinajstić information content (AvgIpc) is 2.83. The van der Waals surface area contributed by atoms with Crippen molar-refractivity contribution < 1.29 is 0 Å². The molecule has 98 valence electrons. The first kappa shape index (κ1) is 13.5. The van der Waals surface area contributed by atoms with Gasteiger partial charge in [-0.2, -0.15) is 10.4 Å². The van der Waals surface area contributed by atoms with E-state index >= 15 is 0 Å². The predicted molar refractivity (Wildman–Crippen MR) is 70.7 cm³/mol. The van der Waals surface area contributed by atoms with Gasteiger partial charge >= 0.3 is 0 Å². The van der Waals surface area contributed by atoms with Crippen LogP contribution in [0.3, 0.4) is 0 Å². The molecule has 0 spiro atoms. The van der Waals surface area contributed by atoms with Crippen molar-refractivity contribution in [3.63, 3.8) is 0 Å². The summed E-state index contributed by atoms with van der Waals surface area (Å²) in [6, 6.07) is 2.23. The number of nitrogens with one attached hydrogen (secondary N) is 1. The third kappa shape index (κ3) is 2.74. The fourth-order valence-corrected chi connectivity index (χ4v) is 2.59. The molecular weight excluding hydrogens is 260 g/mol. The van der Waals surface area contributed by atoms with Crippen LogP contribution in [0.15, 0.2) is 10.2 Å². The lowest BCUT2D eigenvalue weighted by atomic mass is 10.1. The van der Waals surface area contributed by atoms with Crippen LogP contribution < -0.4 is 0 Å². The lowest BCUT2D eigenvalue weighted by Crippen LogP contribution is -2.04. The van der Waals surface area contributed by atoms with E-state index in [0.717, 1.165) is 29.9 Å². The number of aromatic nitrogens is 5. The van der Waals surface area contributed by atoms with Crippen molar-refractivity contribution in [2.75, 3.05) is 0 Å². The molecule has 0 radical (unpaired) electrons. The maximum atomic E-state index is 9.35. The average molecular weight is 274 g/mol. The topological polar surface area (TPSA) is 91.1 Å². The molecule has 0 fully saturated rings. The summed E-state index contributed by atoms with van der Waals surface area (Å²) in [6.45, 7) is 5.85. The van der Waals surface area contributed by atoms with Gasteiger partial charge in [0, 0.05) is 0 Å². The number of rotatable bonds is 4. The highest BCUT2D eigenvalue weighted by atomic mass is 32.2. The number of hydrogen-bond acceptors (Lipinski definition) is 6. The molecule has 0 amide bonds. The first-order valence-corrected chi connectivity index (χ1v) is 6.86. The van der Waals surface area contributed by atoms with Crippen LogP contribution in [0.1, 0.15) is 36.5 Å². The maximum absolute atomic E-state index is 9.35. The molecule has 2 aromatic heterocycles. The Hall–Kier alpha value is -1.94. The summed E-state index contributed by atoms with van der Waals surface area (Å²) >= 11 is 1.26. The van der Waals surface area contributed by atoms with E-state index in [1.165, 1.54) is 11.8 Å². The minimum absolute atomic E-state index is 0.551. The Morgan fingerprint density at radius 2 is 2.05 bits per heavy atom. The van der Waals surface area contributed by atoms with Crippen LogP contribution in [-0.2, 0) is 12.8 Å². The fourth-order valence-electron chi connectivity index (χ4n) is 1.80. The highest BCUT2D eigenvalue weighted by Crippen LogP contribution is 2.28. The van der Waals surface area contributed by atoms with Gasteiger partial charge in [0.2, 0.25) is 5.16 Å². The van der Waals surface area contributed by atoms with Gasteiger partial charge in [0.15, 0.2) is 0 Å². The molecule has 2 heterocycles. The van der Waals surface area contributed by atoms with Gasteiger partial charge in [-0.05, 0) is 37.1 Å². The molecular formula is C12H14N6S. The van der Waals surface area contributed by atoms with E-state index in [9.17, 15) is 5.26 Å². The summed E-state index contributed by atoms with van der Waals surface area (Å²) in [5.74, 6) is 0.731. The first-order valence-electron chi connectivity index (χ1n) is 6.04. The van der Waals surface area contributed by atoms with Gasteiger partial charge in [0.1, 0.15) is 16.9 Å². The fraction of sp³-hybridized carbons (Fsp3) is 0.417. The summed E-state index contributed by atoms with van der Waals surface area (Å²) in [7, 11) is 0. The summed E-state index contributed by atoms with van der Waals surface area (Å²) < 4.78 is 0. The SMILES string of the molecule is CCc1nnc(Sc2n[nH]c(C)n2)c(C#N)c1CC. The van der Waals surface area contributed by atoms with Gasteiger partial charge in [0.25, 0.3) is 0 Å². The molecule has 6 nitrogen and oxygen atoms in total.